The predicted molar refractivity (Wildman–Crippen MR) is 149 cm³/mol. The van der Waals surface area contributed by atoms with E-state index in [9.17, 15) is 13.7 Å². The van der Waals surface area contributed by atoms with Crippen LogP contribution in [0.15, 0.2) is 36.4 Å². The van der Waals surface area contributed by atoms with Gasteiger partial charge in [-0.2, -0.15) is 5.26 Å². The number of fused-ring (bicyclic) bond motifs is 1. The molecule has 0 radical (unpaired) electrons. The Hall–Kier alpha value is -2.84. The molecule has 2 heterocycles. The van der Waals surface area contributed by atoms with Gasteiger partial charge in [-0.3, -0.25) is 0 Å². The number of aromatic nitrogens is 2. The second kappa shape index (κ2) is 11.1. The highest BCUT2D eigenvalue weighted by molar-refractivity contribution is 7.89. The molecule has 1 fully saturated rings. The van der Waals surface area contributed by atoms with Gasteiger partial charge in [-0.15, -0.1) is 10.2 Å². The van der Waals surface area contributed by atoms with Crippen LogP contribution in [0.5, 0.6) is 5.75 Å². The van der Waals surface area contributed by atoms with Crippen molar-refractivity contribution in [2.45, 2.75) is 52.2 Å². The van der Waals surface area contributed by atoms with Crippen LogP contribution >= 0.6 is 11.3 Å². The number of rotatable bonds is 9. The van der Waals surface area contributed by atoms with Gasteiger partial charge in [0.25, 0.3) is 0 Å². The highest BCUT2D eigenvalue weighted by atomic mass is 32.2. The Morgan fingerprint density at radius 3 is 2.76 bits per heavy atom. The van der Waals surface area contributed by atoms with Gasteiger partial charge in [0.1, 0.15) is 21.8 Å². The smallest absolute Gasteiger partial charge is 0.213 e. The van der Waals surface area contributed by atoms with Crippen LogP contribution in [-0.4, -0.2) is 55.0 Å². The maximum atomic E-state index is 12.9. The third-order valence-electron chi connectivity index (χ3n) is 7.14. The molecular formula is C28H33N5O3S2. The van der Waals surface area contributed by atoms with Gasteiger partial charge in [-0.05, 0) is 74.9 Å². The fraction of sp³-hybridized carbons (Fsp3) is 0.464. The lowest BCUT2D eigenvalue weighted by Crippen LogP contribution is -2.35. The summed E-state index contributed by atoms with van der Waals surface area (Å²) in [5.41, 5.74) is 4.39. The third-order valence-corrected chi connectivity index (χ3v) is 9.51. The van der Waals surface area contributed by atoms with Crippen molar-refractivity contribution in [1.29, 1.82) is 5.26 Å². The summed E-state index contributed by atoms with van der Waals surface area (Å²) >= 11 is 1.46. The molecule has 0 bridgehead atoms. The minimum absolute atomic E-state index is 0.0246. The Kier molecular flexibility index (Phi) is 7.82. The summed E-state index contributed by atoms with van der Waals surface area (Å²) in [6, 6.07) is 13.4. The average Bonchev–Trinajstić information content (AvgIpc) is 3.63. The van der Waals surface area contributed by atoms with Crippen molar-refractivity contribution in [3.63, 3.8) is 0 Å². The molecule has 1 aliphatic carbocycles. The van der Waals surface area contributed by atoms with Crippen molar-refractivity contribution in [2.24, 2.45) is 5.92 Å². The second-order valence-electron chi connectivity index (χ2n) is 10.5. The molecule has 1 aliphatic heterocycles. The summed E-state index contributed by atoms with van der Waals surface area (Å²) < 4.78 is 34.5. The van der Waals surface area contributed by atoms with Crippen LogP contribution in [0.3, 0.4) is 0 Å². The van der Waals surface area contributed by atoms with Crippen LogP contribution in [0.4, 0.5) is 0 Å². The Morgan fingerprint density at radius 1 is 1.21 bits per heavy atom. The van der Waals surface area contributed by atoms with E-state index in [-0.39, 0.29) is 17.9 Å². The predicted octanol–water partition coefficient (Wildman–Crippen LogP) is 4.78. The number of nitriles is 1. The Bertz CT molecular complexity index is 1460. The monoisotopic (exact) mass is 551 g/mol. The minimum Gasteiger partial charge on any atom is -0.490 e. The van der Waals surface area contributed by atoms with Crippen LogP contribution in [0, 0.1) is 17.2 Å². The first-order valence-electron chi connectivity index (χ1n) is 13.1. The molecule has 2 aromatic carbocycles. The van der Waals surface area contributed by atoms with Crippen molar-refractivity contribution in [2.75, 3.05) is 25.4 Å². The SMILES string of the molecule is CC1CCN(CCS(=O)(=O)N[C@H]2CCc3c(-c4nnc(-c5ccc(OC(C)C)c(C#N)c5)s4)cccc32)C1. The molecule has 5 rings (SSSR count). The molecule has 1 N–H and O–H groups in total. The van der Waals surface area contributed by atoms with Gasteiger partial charge in [0, 0.05) is 30.3 Å². The molecule has 200 valence electrons. The summed E-state index contributed by atoms with van der Waals surface area (Å²) in [5.74, 6) is 1.31. The largest absolute Gasteiger partial charge is 0.490 e. The summed E-state index contributed by atoms with van der Waals surface area (Å²) in [6.07, 6.45) is 2.61. The molecule has 10 heteroatoms. The zero-order valence-electron chi connectivity index (χ0n) is 22.0. The number of sulfonamides is 1. The van der Waals surface area contributed by atoms with Crippen LogP contribution in [-0.2, 0) is 16.4 Å². The fourth-order valence-corrected chi connectivity index (χ4v) is 7.47. The first-order chi connectivity index (χ1) is 18.2. The third kappa shape index (κ3) is 5.91. The number of nitrogens with zero attached hydrogens (tertiary/aromatic N) is 4. The van der Waals surface area contributed by atoms with Crippen molar-refractivity contribution in [3.05, 3.63) is 53.1 Å². The van der Waals surface area contributed by atoms with Crippen LogP contribution < -0.4 is 9.46 Å². The molecule has 1 aromatic heterocycles. The van der Waals surface area contributed by atoms with E-state index in [1.54, 1.807) is 12.1 Å². The zero-order valence-corrected chi connectivity index (χ0v) is 23.6. The molecule has 0 amide bonds. The lowest BCUT2D eigenvalue weighted by molar-refractivity contribution is 0.242. The van der Waals surface area contributed by atoms with E-state index in [1.807, 2.05) is 38.1 Å². The van der Waals surface area contributed by atoms with Gasteiger partial charge >= 0.3 is 0 Å². The van der Waals surface area contributed by atoms with Crippen LogP contribution in [0.2, 0.25) is 0 Å². The van der Waals surface area contributed by atoms with Crippen LogP contribution in [0.25, 0.3) is 21.1 Å². The highest BCUT2D eigenvalue weighted by Gasteiger charge is 2.30. The summed E-state index contributed by atoms with van der Waals surface area (Å²) in [7, 11) is -3.39. The molecule has 2 aliphatic rings. The van der Waals surface area contributed by atoms with Crippen molar-refractivity contribution >= 4 is 21.4 Å². The number of nitrogens with one attached hydrogen (secondary N) is 1. The molecule has 0 spiro atoms. The molecule has 2 atom stereocenters. The van der Waals surface area contributed by atoms with Gasteiger partial charge in [0.15, 0.2) is 0 Å². The quantitative estimate of drug-likeness (QED) is 0.408. The minimum atomic E-state index is -3.39. The Balaban J connectivity index is 1.32. The lowest BCUT2D eigenvalue weighted by atomic mass is 10.0. The molecule has 3 aromatic rings. The van der Waals surface area contributed by atoms with E-state index < -0.39 is 10.0 Å². The van der Waals surface area contributed by atoms with E-state index >= 15 is 0 Å². The molecular weight excluding hydrogens is 518 g/mol. The van der Waals surface area contributed by atoms with Gasteiger partial charge in [-0.1, -0.05) is 36.5 Å². The molecule has 38 heavy (non-hydrogen) atoms. The highest BCUT2D eigenvalue weighted by Crippen LogP contribution is 2.40. The zero-order chi connectivity index (χ0) is 26.9. The summed E-state index contributed by atoms with van der Waals surface area (Å²) in [5, 5.41) is 19.9. The Labute approximate surface area is 228 Å². The van der Waals surface area contributed by atoms with Crippen molar-refractivity contribution in [1.82, 2.24) is 19.8 Å². The van der Waals surface area contributed by atoms with Crippen molar-refractivity contribution < 1.29 is 13.2 Å². The number of likely N-dealkylation sites (tertiary alicyclic amines) is 1. The van der Waals surface area contributed by atoms with E-state index in [0.717, 1.165) is 64.6 Å². The molecule has 0 saturated carbocycles. The number of hydrogen-bond donors (Lipinski definition) is 1. The summed E-state index contributed by atoms with van der Waals surface area (Å²) in [6.45, 7) is 8.59. The molecule has 8 nitrogen and oxygen atoms in total. The van der Waals surface area contributed by atoms with Crippen LogP contribution in [0.1, 0.15) is 56.3 Å². The normalized spacial score (nSPS) is 19.6. The molecule has 1 unspecified atom stereocenters. The Morgan fingerprint density at radius 2 is 2.03 bits per heavy atom. The van der Waals surface area contributed by atoms with Gasteiger partial charge in [-0.25, -0.2) is 13.1 Å². The lowest BCUT2D eigenvalue weighted by Gasteiger charge is -2.18. The standard InChI is InChI=1S/C28H33N5O3S2/c1-18(2)36-26-10-7-20(15-21(26)16-29)27-30-31-28(37-27)24-6-4-5-23-22(24)8-9-25(23)32-38(34,35)14-13-33-12-11-19(3)17-33/h4-7,10,15,18-19,25,32H,8-9,11-14,17H2,1-3H3/t19?,25-/m0/s1. The number of hydrogen-bond acceptors (Lipinski definition) is 8. The van der Waals surface area contributed by atoms with E-state index in [4.69, 9.17) is 4.74 Å². The van der Waals surface area contributed by atoms with E-state index in [1.165, 1.54) is 11.3 Å². The maximum Gasteiger partial charge on any atom is 0.213 e. The van der Waals surface area contributed by atoms with Gasteiger partial charge in [0.2, 0.25) is 10.0 Å². The van der Waals surface area contributed by atoms with E-state index in [0.29, 0.717) is 23.8 Å². The average molecular weight is 552 g/mol. The first-order valence-corrected chi connectivity index (χ1v) is 15.6. The molecule has 1 saturated heterocycles. The van der Waals surface area contributed by atoms with Crippen molar-refractivity contribution in [3.8, 4) is 33.0 Å². The second-order valence-corrected chi connectivity index (χ2v) is 13.3. The summed E-state index contributed by atoms with van der Waals surface area (Å²) in [4.78, 5) is 2.24. The first kappa shape index (κ1) is 26.8. The van der Waals surface area contributed by atoms with Gasteiger partial charge < -0.3 is 9.64 Å². The fourth-order valence-electron chi connectivity index (χ4n) is 5.29. The number of ether oxygens (including phenoxy) is 1. The maximum absolute atomic E-state index is 12.9. The van der Waals surface area contributed by atoms with E-state index in [2.05, 4.69) is 32.8 Å². The topological polar surface area (TPSA) is 108 Å². The van der Waals surface area contributed by atoms with Gasteiger partial charge in [0.05, 0.1) is 17.4 Å². The number of benzene rings is 2.